The van der Waals surface area contributed by atoms with Gasteiger partial charge < -0.3 is 15.2 Å². The van der Waals surface area contributed by atoms with Crippen LogP contribution in [0.4, 0.5) is 0 Å². The molecular weight excluding hydrogens is 226 g/mol. The average Bonchev–Trinajstić information content (AvgIpc) is 2.26. The molecule has 1 aromatic rings. The van der Waals surface area contributed by atoms with Crippen molar-refractivity contribution in [3.05, 3.63) is 28.8 Å². The molecule has 0 amide bonds. The largest absolute Gasteiger partial charge is 0.491 e. The molecule has 1 aromatic carbocycles. The van der Waals surface area contributed by atoms with E-state index in [1.807, 2.05) is 26.0 Å². The lowest BCUT2D eigenvalue weighted by molar-refractivity contribution is 0.0712. The molecule has 0 aliphatic heterocycles. The summed E-state index contributed by atoms with van der Waals surface area (Å²) in [6, 6.07) is 5.36. The molecule has 0 spiro atoms. The van der Waals surface area contributed by atoms with Crippen LogP contribution in [0, 0.1) is 0 Å². The van der Waals surface area contributed by atoms with Gasteiger partial charge in [-0.15, -0.1) is 0 Å². The SMILES string of the molecule is COC(C)COc1ccc(Cl)cc1C(C)N. The summed E-state index contributed by atoms with van der Waals surface area (Å²) in [5.41, 5.74) is 6.77. The third kappa shape index (κ3) is 3.67. The third-order valence-corrected chi connectivity index (χ3v) is 2.57. The summed E-state index contributed by atoms with van der Waals surface area (Å²) in [6.07, 6.45) is 0.0524. The van der Waals surface area contributed by atoms with Gasteiger partial charge in [0.05, 0.1) is 6.10 Å². The molecule has 0 heterocycles. The van der Waals surface area contributed by atoms with Gasteiger partial charge >= 0.3 is 0 Å². The molecule has 2 N–H and O–H groups in total. The fraction of sp³-hybridized carbons (Fsp3) is 0.500. The van der Waals surface area contributed by atoms with Gasteiger partial charge in [-0.1, -0.05) is 11.6 Å². The van der Waals surface area contributed by atoms with Crippen LogP contribution in [0.5, 0.6) is 5.75 Å². The Morgan fingerprint density at radius 3 is 2.62 bits per heavy atom. The van der Waals surface area contributed by atoms with Crippen molar-refractivity contribution in [3.63, 3.8) is 0 Å². The molecule has 0 aliphatic rings. The summed E-state index contributed by atoms with van der Waals surface area (Å²) in [5, 5.41) is 0.666. The first kappa shape index (κ1) is 13.3. The minimum Gasteiger partial charge on any atom is -0.491 e. The summed E-state index contributed by atoms with van der Waals surface area (Å²) >= 11 is 5.92. The van der Waals surface area contributed by atoms with E-state index in [1.165, 1.54) is 0 Å². The maximum Gasteiger partial charge on any atom is 0.124 e. The summed E-state index contributed by atoms with van der Waals surface area (Å²) in [5.74, 6) is 0.767. The predicted octanol–water partition coefficient (Wildman–Crippen LogP) is 2.77. The second-order valence-corrected chi connectivity index (χ2v) is 4.26. The molecule has 0 bridgehead atoms. The van der Waals surface area contributed by atoms with Crippen molar-refractivity contribution in [2.45, 2.75) is 26.0 Å². The molecule has 0 fully saturated rings. The molecule has 0 aliphatic carbocycles. The number of nitrogens with two attached hydrogens (primary N) is 1. The van der Waals surface area contributed by atoms with Crippen LogP contribution in [0.15, 0.2) is 18.2 Å². The van der Waals surface area contributed by atoms with Gasteiger partial charge in [0, 0.05) is 23.7 Å². The number of halogens is 1. The van der Waals surface area contributed by atoms with E-state index in [0.717, 1.165) is 11.3 Å². The molecule has 0 aromatic heterocycles. The van der Waals surface area contributed by atoms with Gasteiger partial charge in [-0.2, -0.15) is 0 Å². The summed E-state index contributed by atoms with van der Waals surface area (Å²) in [4.78, 5) is 0. The van der Waals surface area contributed by atoms with Gasteiger partial charge in [0.15, 0.2) is 0 Å². The van der Waals surface area contributed by atoms with Gasteiger partial charge in [-0.3, -0.25) is 0 Å². The highest BCUT2D eigenvalue weighted by Crippen LogP contribution is 2.27. The van der Waals surface area contributed by atoms with Crippen molar-refractivity contribution >= 4 is 11.6 Å². The van der Waals surface area contributed by atoms with Crippen LogP contribution < -0.4 is 10.5 Å². The number of hydrogen-bond acceptors (Lipinski definition) is 3. The van der Waals surface area contributed by atoms with Crippen molar-refractivity contribution in [1.82, 2.24) is 0 Å². The molecule has 1 rings (SSSR count). The molecule has 2 atom stereocenters. The Kier molecular flexibility index (Phi) is 5.06. The van der Waals surface area contributed by atoms with E-state index < -0.39 is 0 Å². The molecular formula is C12H18ClNO2. The smallest absolute Gasteiger partial charge is 0.124 e. The highest BCUT2D eigenvalue weighted by molar-refractivity contribution is 6.30. The van der Waals surface area contributed by atoms with E-state index in [2.05, 4.69) is 0 Å². The Hall–Kier alpha value is -0.770. The number of methoxy groups -OCH3 is 1. The van der Waals surface area contributed by atoms with Crippen molar-refractivity contribution in [1.29, 1.82) is 0 Å². The van der Waals surface area contributed by atoms with Crippen molar-refractivity contribution < 1.29 is 9.47 Å². The zero-order chi connectivity index (χ0) is 12.1. The molecule has 3 nitrogen and oxygen atoms in total. The lowest BCUT2D eigenvalue weighted by atomic mass is 10.1. The Labute approximate surface area is 101 Å². The van der Waals surface area contributed by atoms with E-state index in [-0.39, 0.29) is 12.1 Å². The highest BCUT2D eigenvalue weighted by atomic mass is 35.5. The van der Waals surface area contributed by atoms with Crippen molar-refractivity contribution in [2.24, 2.45) is 5.73 Å². The Morgan fingerprint density at radius 2 is 2.06 bits per heavy atom. The van der Waals surface area contributed by atoms with Crippen molar-refractivity contribution in [3.8, 4) is 5.75 Å². The number of hydrogen-bond donors (Lipinski definition) is 1. The first-order valence-electron chi connectivity index (χ1n) is 5.25. The third-order valence-electron chi connectivity index (χ3n) is 2.34. The predicted molar refractivity (Wildman–Crippen MR) is 66.0 cm³/mol. The number of ether oxygens (including phenoxy) is 2. The topological polar surface area (TPSA) is 44.5 Å². The second-order valence-electron chi connectivity index (χ2n) is 3.83. The number of benzene rings is 1. The normalized spacial score (nSPS) is 14.6. The Balaban J connectivity index is 2.78. The molecule has 2 unspecified atom stereocenters. The van der Waals surface area contributed by atoms with Crippen LogP contribution in [0.3, 0.4) is 0 Å². The zero-order valence-electron chi connectivity index (χ0n) is 9.87. The molecule has 0 saturated carbocycles. The van der Waals surface area contributed by atoms with E-state index in [0.29, 0.717) is 11.6 Å². The lowest BCUT2D eigenvalue weighted by Crippen LogP contribution is -2.17. The van der Waals surface area contributed by atoms with Crippen LogP contribution in [-0.2, 0) is 4.74 Å². The molecule has 90 valence electrons. The highest BCUT2D eigenvalue weighted by Gasteiger charge is 2.10. The van der Waals surface area contributed by atoms with Crippen LogP contribution >= 0.6 is 11.6 Å². The second kappa shape index (κ2) is 6.09. The van der Waals surface area contributed by atoms with E-state index in [1.54, 1.807) is 13.2 Å². The van der Waals surface area contributed by atoms with E-state index >= 15 is 0 Å². The van der Waals surface area contributed by atoms with Gasteiger partial charge in [-0.05, 0) is 32.0 Å². The van der Waals surface area contributed by atoms with Gasteiger partial charge in [0.1, 0.15) is 12.4 Å². The van der Waals surface area contributed by atoms with Crippen LogP contribution in [0.2, 0.25) is 5.02 Å². The van der Waals surface area contributed by atoms with Crippen LogP contribution in [0.1, 0.15) is 25.5 Å². The Morgan fingerprint density at radius 1 is 1.38 bits per heavy atom. The van der Waals surface area contributed by atoms with Gasteiger partial charge in [-0.25, -0.2) is 0 Å². The zero-order valence-corrected chi connectivity index (χ0v) is 10.6. The molecule has 4 heteroatoms. The maximum atomic E-state index is 5.92. The monoisotopic (exact) mass is 243 g/mol. The van der Waals surface area contributed by atoms with Crippen molar-refractivity contribution in [2.75, 3.05) is 13.7 Å². The van der Waals surface area contributed by atoms with Crippen LogP contribution in [0.25, 0.3) is 0 Å². The Bertz CT molecular complexity index is 342. The lowest BCUT2D eigenvalue weighted by Gasteiger charge is -2.16. The first-order chi connectivity index (χ1) is 7.54. The van der Waals surface area contributed by atoms with Crippen LogP contribution in [-0.4, -0.2) is 19.8 Å². The standard InChI is InChI=1S/C12H18ClNO2/c1-8(15-3)7-16-12-5-4-10(13)6-11(12)9(2)14/h4-6,8-9H,7,14H2,1-3H3. The van der Waals surface area contributed by atoms with E-state index in [9.17, 15) is 0 Å². The molecule has 0 saturated heterocycles. The average molecular weight is 244 g/mol. The number of rotatable bonds is 5. The summed E-state index contributed by atoms with van der Waals surface area (Å²) in [6.45, 7) is 4.34. The van der Waals surface area contributed by atoms with E-state index in [4.69, 9.17) is 26.8 Å². The minimum absolute atomic E-state index is 0.0524. The first-order valence-corrected chi connectivity index (χ1v) is 5.63. The minimum atomic E-state index is -0.105. The quantitative estimate of drug-likeness (QED) is 0.865. The maximum absolute atomic E-state index is 5.92. The molecule has 16 heavy (non-hydrogen) atoms. The van der Waals surface area contributed by atoms with Gasteiger partial charge in [0.25, 0.3) is 0 Å². The van der Waals surface area contributed by atoms with Gasteiger partial charge in [0.2, 0.25) is 0 Å². The molecule has 0 radical (unpaired) electrons. The summed E-state index contributed by atoms with van der Waals surface area (Å²) in [7, 11) is 1.66. The fourth-order valence-corrected chi connectivity index (χ4v) is 1.46. The summed E-state index contributed by atoms with van der Waals surface area (Å²) < 4.78 is 10.8. The fourth-order valence-electron chi connectivity index (χ4n) is 1.28.